The molecule has 2 saturated carbocycles. The highest BCUT2D eigenvalue weighted by Crippen LogP contribution is 2.40. The molecular weight excluding hydrogens is 623 g/mol. The van der Waals surface area contributed by atoms with Crippen LogP contribution in [0.5, 0.6) is 0 Å². The predicted molar refractivity (Wildman–Crippen MR) is 173 cm³/mol. The van der Waals surface area contributed by atoms with E-state index in [2.05, 4.69) is 5.32 Å². The van der Waals surface area contributed by atoms with Crippen LogP contribution in [0.4, 0.5) is 4.39 Å². The molecule has 13 heteroatoms. The minimum Gasteiger partial charge on any atom is -0.353 e. The maximum atomic E-state index is 13.8. The maximum Gasteiger partial charge on any atom is 0.333 e. The van der Waals surface area contributed by atoms with Gasteiger partial charge in [-0.2, -0.15) is 5.26 Å². The first-order chi connectivity index (χ1) is 23.1. The number of amides is 1. The molecule has 2 aromatic rings. The maximum absolute atomic E-state index is 13.8. The van der Waals surface area contributed by atoms with Gasteiger partial charge in [-0.25, -0.2) is 9.18 Å². The highest BCUT2D eigenvalue weighted by molar-refractivity contribution is 5.94. The zero-order valence-electron chi connectivity index (χ0n) is 28.1. The molecule has 262 valence electrons. The van der Waals surface area contributed by atoms with E-state index < -0.39 is 53.0 Å². The van der Waals surface area contributed by atoms with Crippen LogP contribution in [0.15, 0.2) is 34.0 Å². The van der Waals surface area contributed by atoms with Gasteiger partial charge >= 0.3 is 5.69 Å². The fourth-order valence-electron chi connectivity index (χ4n) is 7.07. The summed E-state index contributed by atoms with van der Waals surface area (Å²) >= 11 is 0. The van der Waals surface area contributed by atoms with Crippen LogP contribution in [0.3, 0.4) is 0 Å². The lowest BCUT2D eigenvalue weighted by Crippen LogP contribution is -2.45. The number of aryl methyl sites for hydroxylation is 1. The molecule has 1 saturated heterocycles. The number of ether oxygens (including phenoxy) is 5. The van der Waals surface area contributed by atoms with Crippen molar-refractivity contribution in [1.29, 1.82) is 5.26 Å². The second-order valence-corrected chi connectivity index (χ2v) is 13.1. The van der Waals surface area contributed by atoms with Gasteiger partial charge in [0.1, 0.15) is 24.2 Å². The largest absolute Gasteiger partial charge is 0.353 e. The lowest BCUT2D eigenvalue weighted by molar-refractivity contribution is -0.282. The first-order valence-electron chi connectivity index (χ1n) is 17.0. The SMILES string of the molecule is COC1(OC[C@H]2O[C@H](n3cc(C)c(=O)n(CCCNC(=O)c4ccc([19F])c(C#N)c4)c3=O)C[C@@H]2OC2(OC)CCCCC2)CCCCC1. The number of hydrogen-bond acceptors (Lipinski definition) is 9. The van der Waals surface area contributed by atoms with E-state index in [9.17, 15) is 18.8 Å². The molecule has 1 aromatic heterocycles. The Morgan fingerprint density at radius 2 is 1.73 bits per heavy atom. The molecule has 3 atom stereocenters. The van der Waals surface area contributed by atoms with Crippen LogP contribution in [0, 0.1) is 24.1 Å². The highest BCUT2D eigenvalue weighted by atomic mass is 19.1. The van der Waals surface area contributed by atoms with Crippen LogP contribution >= 0.6 is 0 Å². The number of hydrogen-bond donors (Lipinski definition) is 1. The monoisotopic (exact) mass is 670 g/mol. The van der Waals surface area contributed by atoms with Gasteiger partial charge in [0.15, 0.2) is 11.6 Å². The summed E-state index contributed by atoms with van der Waals surface area (Å²) in [5.41, 5.74) is -0.672. The lowest BCUT2D eigenvalue weighted by atomic mass is 9.93. The lowest BCUT2D eigenvalue weighted by Gasteiger charge is -2.40. The van der Waals surface area contributed by atoms with Gasteiger partial charge in [0.25, 0.3) is 11.5 Å². The minimum absolute atomic E-state index is 0.0504. The Balaban J connectivity index is 1.30. The molecule has 2 heterocycles. The van der Waals surface area contributed by atoms with E-state index in [4.69, 9.17) is 28.9 Å². The number of nitrogens with zero attached hydrogens (tertiary/aromatic N) is 3. The van der Waals surface area contributed by atoms with Gasteiger partial charge in [-0.1, -0.05) is 12.8 Å². The fraction of sp³-hybridized carbons (Fsp3) is 0.657. The Labute approximate surface area is 280 Å². The summed E-state index contributed by atoms with van der Waals surface area (Å²) in [6, 6.07) is 5.25. The molecule has 3 fully saturated rings. The number of benzene rings is 1. The van der Waals surface area contributed by atoms with Gasteiger partial charge in [-0.05, 0) is 57.2 Å². The Kier molecular flexibility index (Phi) is 11.9. The smallest absolute Gasteiger partial charge is 0.333 e. The second kappa shape index (κ2) is 15.9. The van der Waals surface area contributed by atoms with E-state index in [-0.39, 0.29) is 37.2 Å². The third kappa shape index (κ3) is 8.06. The standard InChI is InChI=1S/C35H47FN4O8/c1-24-22-40(33(43)39(32(24)42)18-10-17-38-31(41)25-11-12-27(36)26(19-25)21-37)30-20-28(48-35(45-3)15-8-5-9-16-35)29(47-30)23-46-34(44-2)13-6-4-7-14-34/h11-12,19,22,28-30H,4-10,13-18,20,23H2,1-3H3,(H,38,41)/t28-,29+,30-/m0/s1/i36+0. The van der Waals surface area contributed by atoms with E-state index in [1.54, 1.807) is 27.2 Å². The molecule has 1 aliphatic heterocycles. The van der Waals surface area contributed by atoms with Crippen molar-refractivity contribution in [2.75, 3.05) is 27.4 Å². The number of carbonyl (C=O) groups is 1. The molecule has 1 aromatic carbocycles. The molecular formula is C35H47FN4O8. The third-order valence-corrected chi connectivity index (χ3v) is 9.90. The third-order valence-electron chi connectivity index (χ3n) is 9.90. The quantitative estimate of drug-likeness (QED) is 0.242. The van der Waals surface area contributed by atoms with Crippen molar-refractivity contribution >= 4 is 5.91 Å². The van der Waals surface area contributed by atoms with Crippen molar-refractivity contribution in [3.63, 3.8) is 0 Å². The van der Waals surface area contributed by atoms with E-state index in [1.165, 1.54) is 22.9 Å². The van der Waals surface area contributed by atoms with Crippen LogP contribution in [0.2, 0.25) is 0 Å². The summed E-state index contributed by atoms with van der Waals surface area (Å²) in [7, 11) is 3.34. The number of rotatable bonds is 13. The minimum atomic E-state index is -0.739. The summed E-state index contributed by atoms with van der Waals surface area (Å²) in [5, 5.41) is 11.7. The van der Waals surface area contributed by atoms with E-state index in [0.717, 1.165) is 74.8 Å². The van der Waals surface area contributed by atoms with Crippen LogP contribution < -0.4 is 16.6 Å². The topological polar surface area (TPSA) is 143 Å². The van der Waals surface area contributed by atoms with Gasteiger partial charge in [-0.15, -0.1) is 0 Å². The van der Waals surface area contributed by atoms with Crippen LogP contribution in [0.25, 0.3) is 0 Å². The number of aromatic nitrogens is 2. The van der Waals surface area contributed by atoms with Crippen LogP contribution in [-0.2, 0) is 30.2 Å². The number of carbonyl (C=O) groups excluding carboxylic acids is 1. The molecule has 0 unspecified atom stereocenters. The van der Waals surface area contributed by atoms with Gasteiger partial charge in [0.2, 0.25) is 0 Å². The molecule has 0 radical (unpaired) electrons. The molecule has 3 aliphatic rings. The van der Waals surface area contributed by atoms with E-state index >= 15 is 0 Å². The average molecular weight is 671 g/mol. The summed E-state index contributed by atoms with van der Waals surface area (Å²) in [5.74, 6) is -2.62. The van der Waals surface area contributed by atoms with Crippen LogP contribution in [-0.4, -0.2) is 66.2 Å². The molecule has 1 amide bonds. The number of nitriles is 1. The molecule has 5 rings (SSSR count). The van der Waals surface area contributed by atoms with Crippen LogP contribution in [0.1, 0.15) is 105 Å². The summed E-state index contributed by atoms with van der Waals surface area (Å²) < 4.78 is 47.7. The van der Waals surface area contributed by atoms with E-state index in [1.807, 2.05) is 0 Å². The van der Waals surface area contributed by atoms with Gasteiger partial charge in [-0.3, -0.25) is 18.7 Å². The number of methoxy groups -OCH3 is 2. The normalized spacial score (nSPS) is 23.4. The Morgan fingerprint density at radius 3 is 2.38 bits per heavy atom. The first-order valence-corrected chi connectivity index (χ1v) is 17.0. The van der Waals surface area contributed by atoms with Gasteiger partial charge < -0.3 is 29.0 Å². The molecule has 12 nitrogen and oxygen atoms in total. The average Bonchev–Trinajstić information content (AvgIpc) is 3.51. The Hall–Kier alpha value is -3.41. The van der Waals surface area contributed by atoms with Gasteiger partial charge in [0, 0.05) is 76.7 Å². The van der Waals surface area contributed by atoms with Crippen molar-refractivity contribution in [3.05, 3.63) is 67.7 Å². The fourth-order valence-corrected chi connectivity index (χ4v) is 7.07. The Bertz CT molecular complexity index is 1590. The number of nitrogens with one attached hydrogen (secondary N) is 1. The summed E-state index contributed by atoms with van der Waals surface area (Å²) in [4.78, 5) is 39.4. The molecule has 48 heavy (non-hydrogen) atoms. The summed E-state index contributed by atoms with van der Waals surface area (Å²) in [6.45, 7) is 2.06. The number of halogens is 1. The zero-order chi connectivity index (χ0) is 34.3. The Morgan fingerprint density at radius 1 is 1.06 bits per heavy atom. The van der Waals surface area contributed by atoms with Crippen molar-refractivity contribution in [2.24, 2.45) is 0 Å². The second-order valence-electron chi connectivity index (χ2n) is 13.1. The van der Waals surface area contributed by atoms with Crippen molar-refractivity contribution in [1.82, 2.24) is 14.5 Å². The van der Waals surface area contributed by atoms with Crippen molar-refractivity contribution in [3.8, 4) is 6.07 Å². The zero-order valence-corrected chi connectivity index (χ0v) is 28.1. The molecule has 2 aliphatic carbocycles. The summed E-state index contributed by atoms with van der Waals surface area (Å²) in [6.07, 6.45) is 9.91. The van der Waals surface area contributed by atoms with Crippen molar-refractivity contribution in [2.45, 2.75) is 121 Å². The highest BCUT2D eigenvalue weighted by Gasteiger charge is 2.45. The predicted octanol–water partition coefficient (Wildman–Crippen LogP) is 4.45. The van der Waals surface area contributed by atoms with Gasteiger partial charge in [0.05, 0.1) is 18.3 Å². The molecule has 1 N–H and O–H groups in total. The van der Waals surface area contributed by atoms with Crippen molar-refractivity contribution < 1.29 is 32.9 Å². The molecule has 0 spiro atoms. The first kappa shape index (κ1) is 35.9. The molecule has 0 bridgehead atoms. The van der Waals surface area contributed by atoms with E-state index in [0.29, 0.717) is 12.0 Å².